The van der Waals surface area contributed by atoms with Gasteiger partial charge in [-0.05, 0) is 24.6 Å². The van der Waals surface area contributed by atoms with Crippen LogP contribution in [0.25, 0.3) is 0 Å². The van der Waals surface area contributed by atoms with E-state index in [2.05, 4.69) is 5.32 Å². The molecule has 2 amide bonds. The fraction of sp³-hybridized carbons (Fsp3) is 0.300. The number of amides is 2. The van der Waals surface area contributed by atoms with Gasteiger partial charge >= 0.3 is 0 Å². The second-order valence-corrected chi connectivity index (χ2v) is 5.65. The monoisotopic (exact) mass is 340 g/mol. The number of carbonyl (C=O) groups is 2. The summed E-state index contributed by atoms with van der Waals surface area (Å²) in [5.74, 6) is 0.448. The molecule has 5 nitrogen and oxygen atoms in total. The molecule has 0 bridgehead atoms. The fourth-order valence-electron chi connectivity index (χ4n) is 2.45. The van der Waals surface area contributed by atoms with E-state index in [0.29, 0.717) is 31.1 Å². The number of ether oxygens (including phenoxy) is 1. The molecule has 5 heteroatoms. The molecule has 0 fully saturated rings. The van der Waals surface area contributed by atoms with E-state index in [1.807, 2.05) is 55.5 Å². The van der Waals surface area contributed by atoms with Gasteiger partial charge in [0.2, 0.25) is 11.8 Å². The number of carbonyl (C=O) groups excluding carboxylic acids is 2. The zero-order chi connectivity index (χ0) is 18.1. The Balaban J connectivity index is 1.92. The predicted molar refractivity (Wildman–Crippen MR) is 98.4 cm³/mol. The van der Waals surface area contributed by atoms with Crippen LogP contribution in [0.4, 0.5) is 5.69 Å². The molecule has 0 saturated carbocycles. The highest BCUT2D eigenvalue weighted by Gasteiger charge is 2.13. The first-order valence-corrected chi connectivity index (χ1v) is 8.41. The molecular formula is C20H24N2O3. The quantitative estimate of drug-likeness (QED) is 0.800. The van der Waals surface area contributed by atoms with Crippen molar-refractivity contribution >= 4 is 17.5 Å². The van der Waals surface area contributed by atoms with Crippen molar-refractivity contribution in [2.45, 2.75) is 26.8 Å². The van der Waals surface area contributed by atoms with Gasteiger partial charge in [-0.15, -0.1) is 0 Å². The van der Waals surface area contributed by atoms with Crippen LogP contribution >= 0.6 is 0 Å². The van der Waals surface area contributed by atoms with Crippen LogP contribution in [-0.2, 0) is 16.1 Å². The first kappa shape index (κ1) is 18.5. The molecule has 132 valence electrons. The number of benzene rings is 2. The maximum absolute atomic E-state index is 12.2. The Morgan fingerprint density at radius 1 is 1.04 bits per heavy atom. The maximum atomic E-state index is 12.2. The topological polar surface area (TPSA) is 58.6 Å². The van der Waals surface area contributed by atoms with Gasteiger partial charge in [0.25, 0.3) is 0 Å². The summed E-state index contributed by atoms with van der Waals surface area (Å²) in [6.07, 6.45) is 0.229. The van der Waals surface area contributed by atoms with Gasteiger partial charge in [-0.3, -0.25) is 9.59 Å². The van der Waals surface area contributed by atoms with E-state index < -0.39 is 0 Å². The lowest BCUT2D eigenvalue weighted by molar-refractivity contribution is -0.129. The third kappa shape index (κ3) is 5.95. The molecule has 2 aromatic carbocycles. The summed E-state index contributed by atoms with van der Waals surface area (Å²) in [5.41, 5.74) is 1.69. The Bertz CT molecular complexity index is 701. The Morgan fingerprint density at radius 3 is 2.40 bits per heavy atom. The highest BCUT2D eigenvalue weighted by atomic mass is 16.5. The van der Waals surface area contributed by atoms with Crippen LogP contribution in [0.1, 0.15) is 25.8 Å². The molecule has 0 aromatic heterocycles. The highest BCUT2D eigenvalue weighted by molar-refractivity contribution is 5.92. The Kier molecular flexibility index (Phi) is 7.01. The van der Waals surface area contributed by atoms with Crippen LogP contribution in [0.2, 0.25) is 0 Å². The molecule has 0 atom stereocenters. The van der Waals surface area contributed by atoms with E-state index in [9.17, 15) is 9.59 Å². The lowest BCUT2D eigenvalue weighted by Crippen LogP contribution is -2.31. The van der Waals surface area contributed by atoms with Crippen molar-refractivity contribution in [1.82, 2.24) is 4.90 Å². The van der Waals surface area contributed by atoms with E-state index in [1.54, 1.807) is 11.0 Å². The van der Waals surface area contributed by atoms with Crippen molar-refractivity contribution < 1.29 is 14.3 Å². The van der Waals surface area contributed by atoms with Gasteiger partial charge in [0.15, 0.2) is 0 Å². The smallest absolute Gasteiger partial charge is 0.226 e. The van der Waals surface area contributed by atoms with Crippen LogP contribution in [0.3, 0.4) is 0 Å². The molecule has 2 aromatic rings. The highest BCUT2D eigenvalue weighted by Crippen LogP contribution is 2.23. The van der Waals surface area contributed by atoms with Gasteiger partial charge in [0.1, 0.15) is 5.75 Å². The van der Waals surface area contributed by atoms with Gasteiger partial charge in [-0.2, -0.15) is 0 Å². The van der Waals surface area contributed by atoms with Crippen LogP contribution in [0.15, 0.2) is 54.6 Å². The molecule has 0 radical (unpaired) electrons. The molecule has 0 aliphatic heterocycles. The van der Waals surface area contributed by atoms with E-state index >= 15 is 0 Å². The molecule has 0 unspecified atom stereocenters. The summed E-state index contributed by atoms with van der Waals surface area (Å²) >= 11 is 0. The van der Waals surface area contributed by atoms with E-state index in [0.717, 1.165) is 5.56 Å². The molecule has 25 heavy (non-hydrogen) atoms. The van der Waals surface area contributed by atoms with Crippen molar-refractivity contribution in [3.63, 3.8) is 0 Å². The number of nitrogens with one attached hydrogen (secondary N) is 1. The maximum Gasteiger partial charge on any atom is 0.226 e. The van der Waals surface area contributed by atoms with Crippen molar-refractivity contribution in [3.8, 4) is 5.75 Å². The second-order valence-electron chi connectivity index (χ2n) is 5.65. The minimum atomic E-state index is -0.147. The summed E-state index contributed by atoms with van der Waals surface area (Å²) in [5, 5.41) is 2.85. The summed E-state index contributed by atoms with van der Waals surface area (Å²) in [7, 11) is 0. The largest absolute Gasteiger partial charge is 0.492 e. The van der Waals surface area contributed by atoms with E-state index in [-0.39, 0.29) is 18.2 Å². The Morgan fingerprint density at radius 2 is 1.72 bits per heavy atom. The number of nitrogens with zero attached hydrogens (tertiary/aromatic N) is 1. The van der Waals surface area contributed by atoms with Gasteiger partial charge in [-0.1, -0.05) is 42.5 Å². The minimum absolute atomic E-state index is 0.0497. The third-order valence-corrected chi connectivity index (χ3v) is 3.73. The second kappa shape index (κ2) is 9.47. The number of hydrogen-bond donors (Lipinski definition) is 1. The lowest BCUT2D eigenvalue weighted by atomic mass is 10.2. The van der Waals surface area contributed by atoms with Gasteiger partial charge < -0.3 is 15.0 Å². The summed E-state index contributed by atoms with van der Waals surface area (Å²) in [6, 6.07) is 17.1. The van der Waals surface area contributed by atoms with Crippen molar-refractivity contribution in [3.05, 3.63) is 60.2 Å². The van der Waals surface area contributed by atoms with Crippen molar-refractivity contribution in [1.29, 1.82) is 0 Å². The molecule has 0 aliphatic rings. The Labute approximate surface area is 148 Å². The summed E-state index contributed by atoms with van der Waals surface area (Å²) < 4.78 is 5.50. The van der Waals surface area contributed by atoms with Crippen LogP contribution in [0, 0.1) is 0 Å². The molecule has 0 aliphatic carbocycles. The van der Waals surface area contributed by atoms with Crippen LogP contribution in [0.5, 0.6) is 5.75 Å². The number of anilines is 1. The van der Waals surface area contributed by atoms with Crippen molar-refractivity contribution in [2.24, 2.45) is 0 Å². The molecule has 0 spiro atoms. The third-order valence-electron chi connectivity index (χ3n) is 3.73. The Hall–Kier alpha value is -2.82. The standard InChI is InChI=1S/C20H24N2O3/c1-3-25-19-12-8-7-11-18(19)21-20(24)13-14-22(16(2)23)15-17-9-5-4-6-10-17/h4-12H,3,13-15H2,1-2H3,(H,21,24). The predicted octanol–water partition coefficient (Wildman–Crippen LogP) is 3.46. The molecule has 0 heterocycles. The number of para-hydroxylation sites is 2. The van der Waals surface area contributed by atoms with Crippen molar-refractivity contribution in [2.75, 3.05) is 18.5 Å². The normalized spacial score (nSPS) is 10.2. The van der Waals surface area contributed by atoms with E-state index in [4.69, 9.17) is 4.74 Å². The fourth-order valence-corrected chi connectivity index (χ4v) is 2.45. The van der Waals surface area contributed by atoms with Crippen LogP contribution < -0.4 is 10.1 Å². The zero-order valence-corrected chi connectivity index (χ0v) is 14.7. The average molecular weight is 340 g/mol. The lowest BCUT2D eigenvalue weighted by Gasteiger charge is -2.21. The summed E-state index contributed by atoms with van der Waals surface area (Å²) in [6.45, 7) is 4.81. The number of hydrogen-bond acceptors (Lipinski definition) is 3. The molecular weight excluding hydrogens is 316 g/mol. The summed E-state index contributed by atoms with van der Waals surface area (Å²) in [4.78, 5) is 25.7. The first-order valence-electron chi connectivity index (χ1n) is 8.41. The van der Waals surface area contributed by atoms with E-state index in [1.165, 1.54) is 6.92 Å². The van der Waals surface area contributed by atoms with Gasteiger partial charge in [0, 0.05) is 26.4 Å². The molecule has 2 rings (SSSR count). The SMILES string of the molecule is CCOc1ccccc1NC(=O)CCN(Cc1ccccc1)C(C)=O. The molecule has 0 saturated heterocycles. The first-order chi connectivity index (χ1) is 12.1. The minimum Gasteiger partial charge on any atom is -0.492 e. The van der Waals surface area contributed by atoms with Gasteiger partial charge in [-0.25, -0.2) is 0 Å². The van der Waals surface area contributed by atoms with Crippen LogP contribution in [-0.4, -0.2) is 29.9 Å². The molecule has 1 N–H and O–H groups in total. The van der Waals surface area contributed by atoms with Gasteiger partial charge in [0.05, 0.1) is 12.3 Å². The number of rotatable bonds is 8. The average Bonchev–Trinajstić information content (AvgIpc) is 2.61. The zero-order valence-electron chi connectivity index (χ0n) is 14.7.